The molecule has 1 aromatic rings. The highest BCUT2D eigenvalue weighted by Gasteiger charge is 2.35. The standard InChI is InChI=1S/C13H16ClNO3S2/c1-2-3-6-18-12(17)7-15-11(16)8-19-13(15)9-4-5-10(14)20-9/h4-5,13H,2-3,6-8H2,1H3. The van der Waals surface area contributed by atoms with Gasteiger partial charge >= 0.3 is 5.97 Å². The van der Waals surface area contributed by atoms with Crippen LogP contribution in [0, 0.1) is 0 Å². The number of thioether (sulfide) groups is 1. The fraction of sp³-hybridized carbons (Fsp3) is 0.538. The average Bonchev–Trinajstić information content (AvgIpc) is 2.98. The van der Waals surface area contributed by atoms with E-state index in [1.54, 1.807) is 4.90 Å². The van der Waals surface area contributed by atoms with Crippen LogP contribution in [0.5, 0.6) is 0 Å². The van der Waals surface area contributed by atoms with Crippen LogP contribution in [0.25, 0.3) is 0 Å². The van der Waals surface area contributed by atoms with Crippen LogP contribution in [-0.2, 0) is 14.3 Å². The average molecular weight is 334 g/mol. The van der Waals surface area contributed by atoms with E-state index in [2.05, 4.69) is 0 Å². The van der Waals surface area contributed by atoms with Crippen LogP contribution in [0.15, 0.2) is 12.1 Å². The van der Waals surface area contributed by atoms with E-state index in [0.717, 1.165) is 17.7 Å². The molecule has 1 atom stereocenters. The zero-order chi connectivity index (χ0) is 14.5. The van der Waals surface area contributed by atoms with Gasteiger partial charge < -0.3 is 9.64 Å². The van der Waals surface area contributed by atoms with Gasteiger partial charge in [-0.3, -0.25) is 9.59 Å². The number of hydrogen-bond acceptors (Lipinski definition) is 5. The molecule has 1 aromatic heterocycles. The maximum absolute atomic E-state index is 11.9. The number of carbonyl (C=O) groups excluding carboxylic acids is 2. The molecule has 1 saturated heterocycles. The number of unbranched alkanes of at least 4 members (excludes halogenated alkanes) is 1. The summed E-state index contributed by atoms with van der Waals surface area (Å²) >= 11 is 8.88. The summed E-state index contributed by atoms with van der Waals surface area (Å²) < 4.78 is 5.80. The number of carbonyl (C=O) groups is 2. The quantitative estimate of drug-likeness (QED) is 0.592. The van der Waals surface area contributed by atoms with Gasteiger partial charge in [0.15, 0.2) is 0 Å². The van der Waals surface area contributed by atoms with E-state index < -0.39 is 0 Å². The van der Waals surface area contributed by atoms with Crippen molar-refractivity contribution >= 4 is 46.6 Å². The first kappa shape index (κ1) is 15.7. The SMILES string of the molecule is CCCCOC(=O)CN1C(=O)CSC1c1ccc(Cl)s1. The first-order valence-corrected chi connectivity index (χ1v) is 8.68. The van der Waals surface area contributed by atoms with Gasteiger partial charge in [0.05, 0.1) is 16.7 Å². The summed E-state index contributed by atoms with van der Waals surface area (Å²) in [4.78, 5) is 26.2. The summed E-state index contributed by atoms with van der Waals surface area (Å²) in [5, 5.41) is -0.126. The van der Waals surface area contributed by atoms with Gasteiger partial charge in [-0.05, 0) is 18.6 Å². The number of hydrogen-bond donors (Lipinski definition) is 0. The van der Waals surface area contributed by atoms with Crippen molar-refractivity contribution in [1.82, 2.24) is 4.90 Å². The number of thiophene rings is 1. The first-order valence-electron chi connectivity index (χ1n) is 6.43. The van der Waals surface area contributed by atoms with Crippen molar-refractivity contribution in [2.24, 2.45) is 0 Å². The van der Waals surface area contributed by atoms with E-state index in [1.807, 2.05) is 19.1 Å². The molecule has 0 radical (unpaired) electrons. The van der Waals surface area contributed by atoms with Crippen molar-refractivity contribution in [1.29, 1.82) is 0 Å². The van der Waals surface area contributed by atoms with E-state index in [1.165, 1.54) is 23.1 Å². The Balaban J connectivity index is 1.96. The smallest absolute Gasteiger partial charge is 0.325 e. The molecular weight excluding hydrogens is 318 g/mol. The molecule has 0 spiro atoms. The predicted octanol–water partition coefficient (Wildman–Crippen LogP) is 3.32. The van der Waals surface area contributed by atoms with Crippen LogP contribution in [0.4, 0.5) is 0 Å². The Hall–Kier alpha value is -0.720. The Kier molecular flexibility index (Phi) is 5.74. The van der Waals surface area contributed by atoms with Gasteiger partial charge in [-0.1, -0.05) is 24.9 Å². The maximum Gasteiger partial charge on any atom is 0.325 e. The third-order valence-electron chi connectivity index (χ3n) is 2.87. The van der Waals surface area contributed by atoms with Crippen molar-refractivity contribution in [2.75, 3.05) is 18.9 Å². The molecule has 7 heteroatoms. The molecule has 2 heterocycles. The Labute approximate surface area is 131 Å². The Morgan fingerprint density at radius 2 is 2.35 bits per heavy atom. The van der Waals surface area contributed by atoms with E-state index in [4.69, 9.17) is 16.3 Å². The summed E-state index contributed by atoms with van der Waals surface area (Å²) in [6.45, 7) is 2.46. The number of nitrogens with zero attached hydrogens (tertiary/aromatic N) is 1. The second kappa shape index (κ2) is 7.33. The monoisotopic (exact) mass is 333 g/mol. The third kappa shape index (κ3) is 3.90. The Bertz CT molecular complexity index is 492. The summed E-state index contributed by atoms with van der Waals surface area (Å²) in [5.74, 6) is 0.0153. The minimum Gasteiger partial charge on any atom is -0.464 e. The molecule has 1 unspecified atom stereocenters. The van der Waals surface area contributed by atoms with Gasteiger partial charge in [-0.15, -0.1) is 23.1 Å². The van der Waals surface area contributed by atoms with Crippen LogP contribution in [-0.4, -0.2) is 35.7 Å². The molecule has 1 fully saturated rings. The second-order valence-corrected chi connectivity index (χ2v) is 7.22. The maximum atomic E-state index is 11.9. The summed E-state index contributed by atoms with van der Waals surface area (Å²) in [5.41, 5.74) is 0. The molecule has 4 nitrogen and oxygen atoms in total. The molecular formula is C13H16ClNO3S2. The molecule has 20 heavy (non-hydrogen) atoms. The molecule has 0 saturated carbocycles. The predicted molar refractivity (Wildman–Crippen MR) is 82.1 cm³/mol. The van der Waals surface area contributed by atoms with Gasteiger partial charge in [0.25, 0.3) is 0 Å². The van der Waals surface area contributed by atoms with Crippen molar-refractivity contribution in [2.45, 2.75) is 25.1 Å². The molecule has 2 rings (SSSR count). The summed E-state index contributed by atoms with van der Waals surface area (Å²) in [6, 6.07) is 3.71. The fourth-order valence-corrected chi connectivity index (χ4v) is 4.32. The number of rotatable bonds is 6. The lowest BCUT2D eigenvalue weighted by molar-refractivity contribution is -0.148. The molecule has 1 aliphatic rings. The molecule has 0 aromatic carbocycles. The van der Waals surface area contributed by atoms with Crippen molar-refractivity contribution < 1.29 is 14.3 Å². The van der Waals surface area contributed by atoms with Crippen LogP contribution in [0.3, 0.4) is 0 Å². The minimum absolute atomic E-state index is 0.00966. The number of amides is 1. The number of halogens is 1. The third-order valence-corrected chi connectivity index (χ3v) is 5.54. The van der Waals surface area contributed by atoms with Gasteiger partial charge in [0.2, 0.25) is 5.91 Å². The molecule has 110 valence electrons. The fourth-order valence-electron chi connectivity index (χ4n) is 1.84. The van der Waals surface area contributed by atoms with Crippen LogP contribution >= 0.6 is 34.7 Å². The highest BCUT2D eigenvalue weighted by molar-refractivity contribution is 8.00. The van der Waals surface area contributed by atoms with Gasteiger partial charge in [-0.25, -0.2) is 0 Å². The number of esters is 1. The number of ether oxygens (including phenoxy) is 1. The Morgan fingerprint density at radius 3 is 3.00 bits per heavy atom. The zero-order valence-electron chi connectivity index (χ0n) is 11.1. The van der Waals surface area contributed by atoms with Crippen LogP contribution in [0.1, 0.15) is 30.0 Å². The summed E-state index contributed by atoms with van der Waals surface area (Å²) in [6.07, 6.45) is 1.82. The molecule has 0 N–H and O–H groups in total. The van der Waals surface area contributed by atoms with Gasteiger partial charge in [0.1, 0.15) is 11.9 Å². The lowest BCUT2D eigenvalue weighted by Crippen LogP contribution is -2.34. The van der Waals surface area contributed by atoms with Crippen molar-refractivity contribution in [3.8, 4) is 0 Å². The van der Waals surface area contributed by atoms with Gasteiger partial charge in [0, 0.05) is 4.88 Å². The molecule has 1 amide bonds. The highest BCUT2D eigenvalue weighted by atomic mass is 35.5. The lowest BCUT2D eigenvalue weighted by atomic mass is 10.3. The largest absolute Gasteiger partial charge is 0.464 e. The van der Waals surface area contributed by atoms with E-state index in [0.29, 0.717) is 16.7 Å². The van der Waals surface area contributed by atoms with Crippen LogP contribution in [0.2, 0.25) is 4.34 Å². The van der Waals surface area contributed by atoms with Crippen molar-refractivity contribution in [3.63, 3.8) is 0 Å². The van der Waals surface area contributed by atoms with Gasteiger partial charge in [-0.2, -0.15) is 0 Å². The topological polar surface area (TPSA) is 46.6 Å². The van der Waals surface area contributed by atoms with E-state index in [-0.39, 0.29) is 23.8 Å². The van der Waals surface area contributed by atoms with Crippen LogP contribution < -0.4 is 0 Å². The highest BCUT2D eigenvalue weighted by Crippen LogP contribution is 2.42. The zero-order valence-corrected chi connectivity index (χ0v) is 13.5. The van der Waals surface area contributed by atoms with E-state index in [9.17, 15) is 9.59 Å². The lowest BCUT2D eigenvalue weighted by Gasteiger charge is -2.21. The second-order valence-electron chi connectivity index (χ2n) is 4.40. The van der Waals surface area contributed by atoms with Crippen molar-refractivity contribution in [3.05, 3.63) is 21.3 Å². The molecule has 0 aliphatic carbocycles. The summed E-state index contributed by atoms with van der Waals surface area (Å²) in [7, 11) is 0. The molecule has 1 aliphatic heterocycles. The minimum atomic E-state index is -0.345. The first-order chi connectivity index (χ1) is 9.61. The van der Waals surface area contributed by atoms with E-state index >= 15 is 0 Å². The Morgan fingerprint density at radius 1 is 1.55 bits per heavy atom. The molecule has 0 bridgehead atoms. The normalized spacial score (nSPS) is 18.6.